The lowest BCUT2D eigenvalue weighted by Gasteiger charge is -2.34. The van der Waals surface area contributed by atoms with Gasteiger partial charge in [-0.2, -0.15) is 39.5 Å². The molecule has 2 aromatic rings. The standard InChI is InChI=1S/C24H27B2F9O2/c1-3-20(25,36-18-8-5-7-15(12-18)22(27,28)29)9-6-10-21(26,4-2)37-19-13-16(23(30,31)32)11-17(14-19)24(33,34)35/h5,7-8,11-14H,3-4,6,9-10,25-26H2,1-2H3. The van der Waals surface area contributed by atoms with Crippen LogP contribution in [0.4, 0.5) is 39.5 Å². The number of hydrogen-bond donors (Lipinski definition) is 0. The van der Waals surface area contributed by atoms with E-state index in [0.717, 1.165) is 12.1 Å². The van der Waals surface area contributed by atoms with E-state index >= 15 is 0 Å². The van der Waals surface area contributed by atoms with Crippen LogP contribution in [-0.4, -0.2) is 26.7 Å². The Bertz CT molecular complexity index is 1020. The third kappa shape index (κ3) is 8.81. The van der Waals surface area contributed by atoms with Crippen molar-refractivity contribution in [3.05, 3.63) is 59.2 Å². The fourth-order valence-electron chi connectivity index (χ4n) is 3.73. The minimum atomic E-state index is -4.99. The molecule has 0 saturated heterocycles. The van der Waals surface area contributed by atoms with E-state index in [0.29, 0.717) is 31.4 Å². The molecule has 0 fully saturated rings. The van der Waals surface area contributed by atoms with E-state index in [1.165, 1.54) is 12.1 Å². The van der Waals surface area contributed by atoms with Crippen molar-refractivity contribution in [2.75, 3.05) is 0 Å². The Kier molecular flexibility index (Phi) is 9.24. The topological polar surface area (TPSA) is 18.5 Å². The van der Waals surface area contributed by atoms with Gasteiger partial charge < -0.3 is 9.47 Å². The predicted molar refractivity (Wildman–Crippen MR) is 126 cm³/mol. The van der Waals surface area contributed by atoms with Crippen LogP contribution < -0.4 is 9.47 Å². The Morgan fingerprint density at radius 2 is 1.00 bits per heavy atom. The lowest BCUT2D eigenvalue weighted by Crippen LogP contribution is -2.39. The van der Waals surface area contributed by atoms with E-state index in [-0.39, 0.29) is 24.7 Å². The summed E-state index contributed by atoms with van der Waals surface area (Å²) in [5.74, 6) is -0.512. The van der Waals surface area contributed by atoms with E-state index in [1.807, 2.05) is 0 Å². The van der Waals surface area contributed by atoms with E-state index in [2.05, 4.69) is 0 Å². The molecule has 0 aromatic heterocycles. The Morgan fingerprint density at radius 1 is 0.595 bits per heavy atom. The number of ether oxygens (including phenoxy) is 2. The maximum absolute atomic E-state index is 13.2. The van der Waals surface area contributed by atoms with Crippen LogP contribution in [0.5, 0.6) is 11.5 Å². The van der Waals surface area contributed by atoms with Gasteiger partial charge in [0.25, 0.3) is 0 Å². The highest BCUT2D eigenvalue weighted by Crippen LogP contribution is 2.39. The Morgan fingerprint density at radius 3 is 1.41 bits per heavy atom. The van der Waals surface area contributed by atoms with Crippen LogP contribution in [0.15, 0.2) is 42.5 Å². The third-order valence-electron chi connectivity index (χ3n) is 6.36. The van der Waals surface area contributed by atoms with Gasteiger partial charge in [-0.15, -0.1) is 0 Å². The molecule has 2 atom stereocenters. The second-order valence-electron chi connectivity index (χ2n) is 9.43. The second-order valence-corrected chi connectivity index (χ2v) is 9.43. The van der Waals surface area contributed by atoms with Crippen molar-refractivity contribution >= 4 is 15.7 Å². The zero-order valence-electron chi connectivity index (χ0n) is 20.8. The summed E-state index contributed by atoms with van der Waals surface area (Å²) in [5.41, 5.74) is -5.75. The normalized spacial score (nSPS) is 16.1. The summed E-state index contributed by atoms with van der Waals surface area (Å²) in [6, 6.07) is 5.59. The molecule has 2 nitrogen and oxygen atoms in total. The molecule has 0 aliphatic heterocycles. The van der Waals surface area contributed by atoms with Gasteiger partial charge in [-0.05, 0) is 68.5 Å². The van der Waals surface area contributed by atoms with E-state index in [1.54, 1.807) is 29.5 Å². The smallest absolute Gasteiger partial charge is 0.416 e. The Balaban J connectivity index is 2.17. The molecule has 204 valence electrons. The molecule has 0 radical (unpaired) electrons. The van der Waals surface area contributed by atoms with Gasteiger partial charge in [-0.1, -0.05) is 19.9 Å². The Labute approximate surface area is 211 Å². The van der Waals surface area contributed by atoms with Gasteiger partial charge in [0.15, 0.2) is 15.7 Å². The van der Waals surface area contributed by atoms with Gasteiger partial charge in [0.1, 0.15) is 11.5 Å². The summed E-state index contributed by atoms with van der Waals surface area (Å²) in [7, 11) is 3.30. The van der Waals surface area contributed by atoms with Crippen molar-refractivity contribution in [1.82, 2.24) is 0 Å². The second kappa shape index (κ2) is 11.1. The van der Waals surface area contributed by atoms with Crippen molar-refractivity contribution in [2.45, 2.75) is 75.5 Å². The van der Waals surface area contributed by atoms with Crippen molar-refractivity contribution in [1.29, 1.82) is 0 Å². The maximum Gasteiger partial charge on any atom is 0.416 e. The zero-order valence-corrected chi connectivity index (χ0v) is 20.8. The van der Waals surface area contributed by atoms with E-state index in [4.69, 9.17) is 9.47 Å². The first kappa shape index (κ1) is 30.8. The molecule has 0 amide bonds. The zero-order chi connectivity index (χ0) is 28.3. The molecule has 0 aliphatic rings. The number of rotatable bonds is 10. The average Bonchev–Trinajstić information content (AvgIpc) is 2.77. The summed E-state index contributed by atoms with van der Waals surface area (Å²) in [6.07, 6.45) is -12.8. The summed E-state index contributed by atoms with van der Waals surface area (Å²) < 4.78 is 130. The van der Waals surface area contributed by atoms with Crippen molar-refractivity contribution in [3.63, 3.8) is 0 Å². The van der Waals surface area contributed by atoms with Crippen molar-refractivity contribution < 1.29 is 49.0 Å². The number of benzene rings is 2. The summed E-state index contributed by atoms with van der Waals surface area (Å²) in [4.78, 5) is 0. The van der Waals surface area contributed by atoms with Gasteiger partial charge in [-0.25, -0.2) is 0 Å². The van der Waals surface area contributed by atoms with Crippen LogP contribution >= 0.6 is 0 Å². The molecule has 37 heavy (non-hydrogen) atoms. The van der Waals surface area contributed by atoms with Gasteiger partial charge >= 0.3 is 18.5 Å². The van der Waals surface area contributed by atoms with Crippen LogP contribution in [0.1, 0.15) is 62.6 Å². The van der Waals surface area contributed by atoms with E-state index < -0.39 is 52.0 Å². The molecule has 0 heterocycles. The third-order valence-corrected chi connectivity index (χ3v) is 6.36. The summed E-state index contributed by atoms with van der Waals surface area (Å²) in [5, 5.41) is 0. The number of alkyl halides is 9. The quantitative estimate of drug-likeness (QED) is 0.243. The fourth-order valence-corrected chi connectivity index (χ4v) is 3.73. The monoisotopic (exact) mass is 540 g/mol. The van der Waals surface area contributed by atoms with Crippen LogP contribution in [0.25, 0.3) is 0 Å². The van der Waals surface area contributed by atoms with Crippen LogP contribution in [0.3, 0.4) is 0 Å². The van der Waals surface area contributed by atoms with Crippen LogP contribution in [0, 0.1) is 0 Å². The summed E-state index contributed by atoms with van der Waals surface area (Å²) >= 11 is 0. The lowest BCUT2D eigenvalue weighted by molar-refractivity contribution is -0.143. The van der Waals surface area contributed by atoms with Crippen molar-refractivity contribution in [3.8, 4) is 11.5 Å². The van der Waals surface area contributed by atoms with Crippen molar-refractivity contribution in [2.24, 2.45) is 0 Å². The first-order valence-corrected chi connectivity index (χ1v) is 11.6. The molecule has 0 bridgehead atoms. The Hall–Kier alpha value is -2.46. The highest BCUT2D eigenvalue weighted by molar-refractivity contribution is 6.15. The van der Waals surface area contributed by atoms with Gasteiger partial charge in [0.05, 0.1) is 27.7 Å². The number of halogens is 9. The molecule has 2 unspecified atom stereocenters. The van der Waals surface area contributed by atoms with Crippen LogP contribution in [0.2, 0.25) is 0 Å². The highest BCUT2D eigenvalue weighted by Gasteiger charge is 2.38. The van der Waals surface area contributed by atoms with E-state index in [9.17, 15) is 39.5 Å². The fraction of sp³-hybridized carbons (Fsp3) is 0.500. The number of hydrogen-bond acceptors (Lipinski definition) is 2. The molecule has 0 aliphatic carbocycles. The first-order chi connectivity index (χ1) is 16.8. The summed E-state index contributed by atoms with van der Waals surface area (Å²) in [6.45, 7) is 3.49. The minimum absolute atomic E-state index is 0.0357. The average molecular weight is 540 g/mol. The molecule has 0 spiro atoms. The maximum atomic E-state index is 13.2. The highest BCUT2D eigenvalue weighted by atomic mass is 19.4. The molecule has 0 N–H and O–H groups in total. The van der Waals surface area contributed by atoms with Gasteiger partial charge in [-0.3, -0.25) is 0 Å². The molecular formula is C24H27B2F9O2. The molecule has 2 aromatic carbocycles. The van der Waals surface area contributed by atoms with Gasteiger partial charge in [0.2, 0.25) is 0 Å². The largest absolute Gasteiger partial charge is 0.497 e. The molecule has 13 heteroatoms. The molecule has 2 rings (SSSR count). The molecular weight excluding hydrogens is 513 g/mol. The molecule has 0 saturated carbocycles. The first-order valence-electron chi connectivity index (χ1n) is 11.6. The minimum Gasteiger partial charge on any atom is -0.497 e. The predicted octanol–water partition coefficient (Wildman–Crippen LogP) is 6.85. The van der Waals surface area contributed by atoms with Crippen LogP contribution in [-0.2, 0) is 18.5 Å². The van der Waals surface area contributed by atoms with Gasteiger partial charge in [0, 0.05) is 0 Å². The SMILES string of the molecule is BC(CC)(CCCC(B)(CC)Oc1cc(C(F)(F)F)cc(C(F)(F)F)c1)Oc1cccc(C(F)(F)F)c1. The lowest BCUT2D eigenvalue weighted by atomic mass is 9.71.